The van der Waals surface area contributed by atoms with Gasteiger partial charge in [0.1, 0.15) is 18.1 Å². The molecule has 1 aliphatic heterocycles. The minimum absolute atomic E-state index is 0.508. The zero-order chi connectivity index (χ0) is 23.3. The van der Waals surface area contributed by atoms with E-state index >= 15 is 0 Å². The summed E-state index contributed by atoms with van der Waals surface area (Å²) < 4.78 is 5.87. The van der Waals surface area contributed by atoms with Crippen LogP contribution in [0.3, 0.4) is 0 Å². The molecule has 1 fully saturated rings. The molecule has 1 saturated heterocycles. The highest BCUT2D eigenvalue weighted by Gasteiger charge is 2.26. The number of pyridine rings is 1. The summed E-state index contributed by atoms with van der Waals surface area (Å²) in [6.07, 6.45) is 3.38. The molecule has 0 amide bonds. The van der Waals surface area contributed by atoms with Crippen molar-refractivity contribution in [2.24, 2.45) is 0 Å². The van der Waals surface area contributed by atoms with E-state index < -0.39 is 5.60 Å². The lowest BCUT2D eigenvalue weighted by Gasteiger charge is -2.35. The number of aliphatic hydroxyl groups is 1. The van der Waals surface area contributed by atoms with Crippen molar-refractivity contribution in [3.05, 3.63) is 82.1 Å². The Kier molecular flexibility index (Phi) is 7.57. The lowest BCUT2D eigenvalue weighted by molar-refractivity contribution is -0.00768. The topological polar surface area (TPSA) is 45.6 Å². The summed E-state index contributed by atoms with van der Waals surface area (Å²) in [4.78, 5) is 6.75. The Morgan fingerprint density at radius 2 is 1.70 bits per heavy atom. The smallest absolute Gasteiger partial charge is 0.132 e. The van der Waals surface area contributed by atoms with Gasteiger partial charge in [-0.25, -0.2) is 4.98 Å². The van der Waals surface area contributed by atoms with Gasteiger partial charge in [0.25, 0.3) is 0 Å². The van der Waals surface area contributed by atoms with Gasteiger partial charge in [0, 0.05) is 42.0 Å². The van der Waals surface area contributed by atoms with Crippen molar-refractivity contribution >= 4 is 23.2 Å². The van der Waals surface area contributed by atoms with E-state index in [-0.39, 0.29) is 0 Å². The molecule has 0 radical (unpaired) electrons. The second kappa shape index (κ2) is 10.6. The average Bonchev–Trinajstić information content (AvgIpc) is 2.81. The summed E-state index contributed by atoms with van der Waals surface area (Å²) in [5.74, 6) is 6.97. The van der Waals surface area contributed by atoms with Crippen molar-refractivity contribution < 1.29 is 9.84 Å². The number of nitrogens with zero attached hydrogens (tertiary/aromatic N) is 2. The largest absolute Gasteiger partial charge is 0.492 e. The Balaban J connectivity index is 1.31. The average molecular weight is 481 g/mol. The van der Waals surface area contributed by atoms with Gasteiger partial charge in [-0.05, 0) is 73.7 Å². The number of piperidine rings is 1. The summed E-state index contributed by atoms with van der Waals surface area (Å²) in [6, 6.07) is 17.1. The number of rotatable bonds is 5. The first-order chi connectivity index (χ1) is 15.9. The fraction of sp³-hybridized carbons (Fsp3) is 0.296. The second-order valence-corrected chi connectivity index (χ2v) is 9.37. The highest BCUT2D eigenvalue weighted by Crippen LogP contribution is 2.25. The first-order valence-electron chi connectivity index (χ1n) is 11.0. The standard InChI is InChI=1S/C27H26Cl2N2O2/c1-27(32)12-14-31(15-13-27)16-17-33-24-9-2-20(3-10-24)4-11-26-25(29)18-22(19-30-26)21-5-7-23(28)8-6-21/h2-3,5-10,18-19,32H,12-17H2,1H3. The maximum Gasteiger partial charge on any atom is 0.132 e. The van der Waals surface area contributed by atoms with Crippen LogP contribution in [0.4, 0.5) is 0 Å². The molecule has 0 aliphatic carbocycles. The minimum atomic E-state index is -0.521. The van der Waals surface area contributed by atoms with Crippen LogP contribution in [0, 0.1) is 11.8 Å². The van der Waals surface area contributed by atoms with Crippen LogP contribution in [-0.2, 0) is 0 Å². The summed E-state index contributed by atoms with van der Waals surface area (Å²) in [7, 11) is 0. The molecular formula is C27H26Cl2N2O2. The van der Waals surface area contributed by atoms with E-state index in [1.165, 1.54) is 0 Å². The van der Waals surface area contributed by atoms with Crippen LogP contribution in [0.25, 0.3) is 11.1 Å². The molecule has 0 atom stereocenters. The Labute approximate surface area is 205 Å². The SMILES string of the molecule is CC1(O)CCN(CCOc2ccc(C#Cc3ncc(-c4ccc(Cl)cc4)cc3Cl)cc2)CC1. The molecule has 1 aromatic heterocycles. The molecule has 2 heterocycles. The summed E-state index contributed by atoms with van der Waals surface area (Å²) in [5, 5.41) is 11.2. The van der Waals surface area contributed by atoms with Gasteiger partial charge in [-0.1, -0.05) is 41.3 Å². The van der Waals surface area contributed by atoms with Crippen molar-refractivity contribution in [1.82, 2.24) is 9.88 Å². The monoisotopic (exact) mass is 480 g/mol. The number of hydrogen-bond donors (Lipinski definition) is 1. The number of benzene rings is 2. The predicted octanol–water partition coefficient (Wildman–Crippen LogP) is 5.68. The van der Waals surface area contributed by atoms with Gasteiger partial charge in [0.15, 0.2) is 0 Å². The van der Waals surface area contributed by atoms with Crippen molar-refractivity contribution in [2.45, 2.75) is 25.4 Å². The molecule has 4 rings (SSSR count). The molecular weight excluding hydrogens is 455 g/mol. The molecule has 0 spiro atoms. The Morgan fingerprint density at radius 3 is 2.36 bits per heavy atom. The van der Waals surface area contributed by atoms with E-state index in [4.69, 9.17) is 27.9 Å². The normalized spacial score (nSPS) is 15.5. The summed E-state index contributed by atoms with van der Waals surface area (Å²) in [5.41, 5.74) is 2.79. The zero-order valence-corrected chi connectivity index (χ0v) is 20.0. The van der Waals surface area contributed by atoms with Gasteiger partial charge in [0.2, 0.25) is 0 Å². The maximum atomic E-state index is 10.0. The molecule has 1 N–H and O–H groups in total. The zero-order valence-electron chi connectivity index (χ0n) is 18.5. The van der Waals surface area contributed by atoms with Crippen LogP contribution in [0.15, 0.2) is 60.8 Å². The van der Waals surface area contributed by atoms with Crippen LogP contribution in [-0.4, -0.2) is 46.8 Å². The Hall–Kier alpha value is -2.55. The van der Waals surface area contributed by atoms with E-state index in [2.05, 4.69) is 21.7 Å². The first-order valence-corrected chi connectivity index (χ1v) is 11.7. The van der Waals surface area contributed by atoms with Crippen LogP contribution >= 0.6 is 23.2 Å². The number of aromatic nitrogens is 1. The lowest BCUT2D eigenvalue weighted by Crippen LogP contribution is -2.43. The predicted molar refractivity (Wildman–Crippen MR) is 134 cm³/mol. The van der Waals surface area contributed by atoms with Crippen molar-refractivity contribution in [3.8, 4) is 28.7 Å². The van der Waals surface area contributed by atoms with Crippen molar-refractivity contribution in [2.75, 3.05) is 26.2 Å². The van der Waals surface area contributed by atoms with Gasteiger partial charge in [-0.3, -0.25) is 4.90 Å². The van der Waals surface area contributed by atoms with Gasteiger partial charge < -0.3 is 9.84 Å². The van der Waals surface area contributed by atoms with Crippen LogP contribution in [0.2, 0.25) is 10.0 Å². The van der Waals surface area contributed by atoms with Crippen LogP contribution < -0.4 is 4.74 Å². The fourth-order valence-corrected chi connectivity index (χ4v) is 3.99. The molecule has 0 unspecified atom stereocenters. The molecule has 33 heavy (non-hydrogen) atoms. The molecule has 4 nitrogen and oxygen atoms in total. The maximum absolute atomic E-state index is 10.0. The van der Waals surface area contributed by atoms with E-state index in [0.717, 1.165) is 54.9 Å². The molecule has 1 aliphatic rings. The third-order valence-corrected chi connectivity index (χ3v) is 6.35. The van der Waals surface area contributed by atoms with E-state index in [1.807, 2.05) is 61.5 Å². The molecule has 170 valence electrons. The van der Waals surface area contributed by atoms with E-state index in [0.29, 0.717) is 22.3 Å². The highest BCUT2D eigenvalue weighted by atomic mass is 35.5. The molecule has 0 bridgehead atoms. The molecule has 0 saturated carbocycles. The quantitative estimate of drug-likeness (QED) is 0.477. The number of hydrogen-bond acceptors (Lipinski definition) is 4. The minimum Gasteiger partial charge on any atom is -0.492 e. The Bertz CT molecular complexity index is 1140. The van der Waals surface area contributed by atoms with Crippen molar-refractivity contribution in [1.29, 1.82) is 0 Å². The number of likely N-dealkylation sites (tertiary alicyclic amines) is 1. The first kappa shape index (κ1) is 23.6. The third-order valence-electron chi connectivity index (χ3n) is 5.81. The number of ether oxygens (including phenoxy) is 1. The van der Waals surface area contributed by atoms with Crippen LogP contribution in [0.1, 0.15) is 31.0 Å². The van der Waals surface area contributed by atoms with Crippen molar-refractivity contribution in [3.63, 3.8) is 0 Å². The highest BCUT2D eigenvalue weighted by molar-refractivity contribution is 6.32. The van der Waals surface area contributed by atoms with Gasteiger partial charge >= 0.3 is 0 Å². The van der Waals surface area contributed by atoms with Gasteiger partial charge in [0.05, 0.1) is 10.6 Å². The van der Waals surface area contributed by atoms with Crippen LogP contribution in [0.5, 0.6) is 5.75 Å². The lowest BCUT2D eigenvalue weighted by atomic mass is 9.94. The Morgan fingerprint density at radius 1 is 1.00 bits per heavy atom. The summed E-state index contributed by atoms with van der Waals surface area (Å²) >= 11 is 12.4. The molecule has 6 heteroatoms. The third kappa shape index (κ3) is 6.72. The second-order valence-electron chi connectivity index (χ2n) is 8.52. The fourth-order valence-electron chi connectivity index (χ4n) is 3.65. The number of halogens is 2. The van der Waals surface area contributed by atoms with Gasteiger partial charge in [-0.2, -0.15) is 0 Å². The summed E-state index contributed by atoms with van der Waals surface area (Å²) in [6.45, 7) is 5.19. The molecule has 3 aromatic rings. The van der Waals surface area contributed by atoms with Gasteiger partial charge in [-0.15, -0.1) is 0 Å². The van der Waals surface area contributed by atoms with E-state index in [1.54, 1.807) is 6.20 Å². The van der Waals surface area contributed by atoms with E-state index in [9.17, 15) is 5.11 Å². The molecule has 2 aromatic carbocycles.